The van der Waals surface area contributed by atoms with Crippen molar-refractivity contribution < 1.29 is 19.3 Å². The van der Waals surface area contributed by atoms with E-state index < -0.39 is 6.10 Å². The van der Waals surface area contributed by atoms with Gasteiger partial charge in [0.2, 0.25) is 0 Å². The highest BCUT2D eigenvalue weighted by Gasteiger charge is 2.08. The van der Waals surface area contributed by atoms with E-state index in [1.165, 1.54) is 6.07 Å². The van der Waals surface area contributed by atoms with Crippen LogP contribution in [0, 0.1) is 5.82 Å². The minimum atomic E-state index is -0.645. The molecule has 19 heavy (non-hydrogen) atoms. The van der Waals surface area contributed by atoms with Gasteiger partial charge in [0.1, 0.15) is 5.82 Å². The molecule has 3 N–H and O–H groups in total. The maximum Gasteiger partial charge on any atom is 0.128 e. The summed E-state index contributed by atoms with van der Waals surface area (Å²) in [6.07, 6.45) is -0.00378. The second kappa shape index (κ2) is 8.98. The van der Waals surface area contributed by atoms with Crippen LogP contribution in [0.3, 0.4) is 0 Å². The molecule has 1 aromatic carbocycles. The predicted octanol–water partition coefficient (Wildman–Crippen LogP) is 1.06. The lowest BCUT2D eigenvalue weighted by molar-refractivity contribution is 0.0265. The van der Waals surface area contributed by atoms with Gasteiger partial charge in [0.15, 0.2) is 0 Å². The molecule has 4 nitrogen and oxygen atoms in total. The molecule has 0 aromatic heterocycles. The standard InChI is InChI=1S/C14H22FNO3/c1-11(6-7-17)16-8-13(18)10-19-9-12-4-2-3-5-14(12)15/h2-5,11,13,16-18H,6-10H2,1H3. The quantitative estimate of drug-likeness (QED) is 0.628. The van der Waals surface area contributed by atoms with Crippen LogP contribution in [0.2, 0.25) is 0 Å². The SMILES string of the molecule is CC(CCO)NCC(O)COCc1ccccc1F. The first-order valence-electron chi connectivity index (χ1n) is 6.47. The van der Waals surface area contributed by atoms with Gasteiger partial charge in [0, 0.05) is 24.8 Å². The average molecular weight is 271 g/mol. The van der Waals surface area contributed by atoms with Crippen molar-refractivity contribution in [1.29, 1.82) is 0 Å². The van der Waals surface area contributed by atoms with Gasteiger partial charge in [-0.1, -0.05) is 18.2 Å². The highest BCUT2D eigenvalue weighted by molar-refractivity contribution is 5.16. The Balaban J connectivity index is 2.17. The van der Waals surface area contributed by atoms with Gasteiger partial charge in [-0.25, -0.2) is 4.39 Å². The van der Waals surface area contributed by atoms with Gasteiger partial charge in [0.25, 0.3) is 0 Å². The Hall–Kier alpha value is -1.01. The first-order chi connectivity index (χ1) is 9.13. The Kier molecular flexibility index (Phi) is 7.59. The number of aliphatic hydroxyl groups excluding tert-OH is 2. The van der Waals surface area contributed by atoms with Crippen molar-refractivity contribution in [2.45, 2.75) is 32.1 Å². The van der Waals surface area contributed by atoms with E-state index in [0.717, 1.165) is 0 Å². The Bertz CT molecular complexity index is 362. The van der Waals surface area contributed by atoms with Crippen molar-refractivity contribution in [3.05, 3.63) is 35.6 Å². The molecule has 0 amide bonds. The smallest absolute Gasteiger partial charge is 0.128 e. The average Bonchev–Trinajstić information content (AvgIpc) is 2.39. The van der Waals surface area contributed by atoms with E-state index in [0.29, 0.717) is 18.5 Å². The number of halogens is 1. The summed E-state index contributed by atoms with van der Waals surface area (Å²) in [6, 6.07) is 6.55. The lowest BCUT2D eigenvalue weighted by Crippen LogP contribution is -2.36. The topological polar surface area (TPSA) is 61.7 Å². The largest absolute Gasteiger partial charge is 0.396 e. The van der Waals surface area contributed by atoms with Gasteiger partial charge < -0.3 is 20.3 Å². The van der Waals surface area contributed by atoms with Crippen LogP contribution in [0.1, 0.15) is 18.9 Å². The highest BCUT2D eigenvalue weighted by Crippen LogP contribution is 2.07. The zero-order valence-electron chi connectivity index (χ0n) is 11.2. The molecule has 0 aliphatic carbocycles. The van der Waals surface area contributed by atoms with E-state index in [9.17, 15) is 9.50 Å². The highest BCUT2D eigenvalue weighted by atomic mass is 19.1. The van der Waals surface area contributed by atoms with E-state index >= 15 is 0 Å². The minimum Gasteiger partial charge on any atom is -0.396 e. The van der Waals surface area contributed by atoms with Crippen molar-refractivity contribution in [2.24, 2.45) is 0 Å². The van der Waals surface area contributed by atoms with Gasteiger partial charge in [-0.15, -0.1) is 0 Å². The monoisotopic (exact) mass is 271 g/mol. The van der Waals surface area contributed by atoms with Crippen LogP contribution in [0.5, 0.6) is 0 Å². The Morgan fingerprint density at radius 1 is 1.37 bits per heavy atom. The molecule has 2 atom stereocenters. The third-order valence-corrected chi connectivity index (χ3v) is 2.79. The van der Waals surface area contributed by atoms with Crippen molar-refractivity contribution in [2.75, 3.05) is 19.8 Å². The third-order valence-electron chi connectivity index (χ3n) is 2.79. The second-order valence-electron chi connectivity index (χ2n) is 4.58. The summed E-state index contributed by atoms with van der Waals surface area (Å²) in [4.78, 5) is 0. The molecular weight excluding hydrogens is 249 g/mol. The van der Waals surface area contributed by atoms with Crippen LogP contribution in [-0.2, 0) is 11.3 Å². The molecule has 1 rings (SSSR count). The molecule has 1 aromatic rings. The van der Waals surface area contributed by atoms with E-state index in [-0.39, 0.29) is 31.7 Å². The van der Waals surface area contributed by atoms with Gasteiger partial charge in [-0.05, 0) is 19.4 Å². The number of nitrogens with one attached hydrogen (secondary N) is 1. The molecule has 0 aliphatic heterocycles. The van der Waals surface area contributed by atoms with Crippen LogP contribution >= 0.6 is 0 Å². The van der Waals surface area contributed by atoms with Crippen molar-refractivity contribution in [3.8, 4) is 0 Å². The third kappa shape index (κ3) is 6.63. The van der Waals surface area contributed by atoms with Crippen LogP contribution in [0.4, 0.5) is 4.39 Å². The summed E-state index contributed by atoms with van der Waals surface area (Å²) < 4.78 is 18.5. The van der Waals surface area contributed by atoms with Crippen LogP contribution in [0.15, 0.2) is 24.3 Å². The Morgan fingerprint density at radius 3 is 2.79 bits per heavy atom. The van der Waals surface area contributed by atoms with Gasteiger partial charge in [-0.3, -0.25) is 0 Å². The number of rotatable bonds is 9. The molecule has 0 fully saturated rings. The summed E-state index contributed by atoms with van der Waals surface area (Å²) in [5.41, 5.74) is 0.483. The molecule has 108 valence electrons. The van der Waals surface area contributed by atoms with Gasteiger partial charge in [-0.2, -0.15) is 0 Å². The van der Waals surface area contributed by atoms with Gasteiger partial charge in [0.05, 0.1) is 19.3 Å². The van der Waals surface area contributed by atoms with Crippen molar-refractivity contribution >= 4 is 0 Å². The van der Waals surface area contributed by atoms with E-state index in [1.807, 2.05) is 6.92 Å². The van der Waals surface area contributed by atoms with Crippen molar-refractivity contribution in [1.82, 2.24) is 5.32 Å². The molecule has 5 heteroatoms. The summed E-state index contributed by atoms with van der Waals surface area (Å²) >= 11 is 0. The fourth-order valence-corrected chi connectivity index (χ4v) is 1.61. The Labute approximate surface area is 113 Å². The molecule has 0 saturated carbocycles. The Morgan fingerprint density at radius 2 is 2.11 bits per heavy atom. The zero-order valence-corrected chi connectivity index (χ0v) is 11.2. The maximum atomic E-state index is 13.3. The van der Waals surface area contributed by atoms with Crippen molar-refractivity contribution in [3.63, 3.8) is 0 Å². The van der Waals surface area contributed by atoms with Gasteiger partial charge >= 0.3 is 0 Å². The summed E-state index contributed by atoms with van der Waals surface area (Å²) in [7, 11) is 0. The first kappa shape index (κ1) is 16.0. The van der Waals surface area contributed by atoms with E-state index in [1.54, 1.807) is 18.2 Å². The second-order valence-corrected chi connectivity index (χ2v) is 4.58. The van der Waals surface area contributed by atoms with Crippen LogP contribution in [-0.4, -0.2) is 42.1 Å². The molecule has 0 radical (unpaired) electrons. The molecule has 0 heterocycles. The van der Waals surface area contributed by atoms with E-state index in [4.69, 9.17) is 9.84 Å². The summed E-state index contributed by atoms with van der Waals surface area (Å²) in [6.45, 7) is 2.73. The lowest BCUT2D eigenvalue weighted by atomic mass is 10.2. The number of hydrogen-bond acceptors (Lipinski definition) is 4. The molecule has 0 aliphatic rings. The molecule has 0 spiro atoms. The number of benzene rings is 1. The molecule has 2 unspecified atom stereocenters. The van der Waals surface area contributed by atoms with Crippen LogP contribution < -0.4 is 5.32 Å². The maximum absolute atomic E-state index is 13.3. The first-order valence-corrected chi connectivity index (χ1v) is 6.47. The van der Waals surface area contributed by atoms with E-state index in [2.05, 4.69) is 5.32 Å². The number of ether oxygens (including phenoxy) is 1. The summed E-state index contributed by atoms with van der Waals surface area (Å²) in [5.74, 6) is -0.299. The zero-order chi connectivity index (χ0) is 14.1. The molecular formula is C14H22FNO3. The summed E-state index contributed by atoms with van der Waals surface area (Å²) in [5, 5.41) is 21.5. The predicted molar refractivity (Wildman–Crippen MR) is 71.2 cm³/mol. The fourth-order valence-electron chi connectivity index (χ4n) is 1.61. The minimum absolute atomic E-state index is 0.119. The fraction of sp³-hybridized carbons (Fsp3) is 0.571. The normalized spacial score (nSPS) is 14.3. The number of aliphatic hydroxyl groups is 2. The van der Waals surface area contributed by atoms with Crippen LogP contribution in [0.25, 0.3) is 0 Å². The lowest BCUT2D eigenvalue weighted by Gasteiger charge is -2.16. The number of hydrogen-bond donors (Lipinski definition) is 3. The molecule has 0 saturated heterocycles. The molecule has 0 bridgehead atoms.